The van der Waals surface area contributed by atoms with Crippen LogP contribution in [0.5, 0.6) is 5.75 Å². The van der Waals surface area contributed by atoms with Crippen LogP contribution in [0.3, 0.4) is 0 Å². The quantitative estimate of drug-likeness (QED) is 0.541. The summed E-state index contributed by atoms with van der Waals surface area (Å²) in [4.78, 5) is 19.8. The number of hydrogen-bond donors (Lipinski definition) is 3. The summed E-state index contributed by atoms with van der Waals surface area (Å²) in [7, 11) is 0. The zero-order valence-corrected chi connectivity index (χ0v) is 19.4. The van der Waals surface area contributed by atoms with Crippen LogP contribution in [0.1, 0.15) is 63.0 Å². The number of carboxylic acid groups (broad SMARTS) is 1. The standard InChI is InChI=1S/C15H22O3.CH3NO.2Zr/c1-14(2,3)9-7-10(13(17)18)12(16)11(8-9)15(4,5)6;2-1-3;;/h7-8,16H,1-6H3,(H,17,18);1H,(H2,2,3);;. The van der Waals surface area contributed by atoms with Crippen LogP contribution in [0.4, 0.5) is 0 Å². The Kier molecular flexibility index (Phi) is 12.7. The van der Waals surface area contributed by atoms with Crippen molar-refractivity contribution in [1.29, 1.82) is 0 Å². The first-order valence-electron chi connectivity index (χ1n) is 6.63. The van der Waals surface area contributed by atoms with Crippen molar-refractivity contribution in [3.63, 3.8) is 0 Å². The third-order valence-corrected chi connectivity index (χ3v) is 3.01. The van der Waals surface area contributed by atoms with Gasteiger partial charge < -0.3 is 15.9 Å². The summed E-state index contributed by atoms with van der Waals surface area (Å²) in [5.41, 5.74) is 5.29. The van der Waals surface area contributed by atoms with Crippen molar-refractivity contribution in [3.8, 4) is 5.75 Å². The Balaban J connectivity index is -0.000000740. The van der Waals surface area contributed by atoms with Crippen molar-refractivity contribution in [2.24, 2.45) is 5.73 Å². The number of rotatable bonds is 1. The van der Waals surface area contributed by atoms with Gasteiger partial charge in [-0.1, -0.05) is 47.6 Å². The zero-order chi connectivity index (χ0) is 17.0. The molecule has 0 aliphatic carbocycles. The molecule has 0 spiro atoms. The van der Waals surface area contributed by atoms with Crippen LogP contribution in [-0.2, 0) is 68.0 Å². The van der Waals surface area contributed by atoms with Crippen molar-refractivity contribution < 1.29 is 72.2 Å². The molecule has 1 aromatic rings. The van der Waals surface area contributed by atoms with E-state index in [9.17, 15) is 15.0 Å². The van der Waals surface area contributed by atoms with Gasteiger partial charge in [-0.3, -0.25) is 4.79 Å². The first-order chi connectivity index (χ1) is 9.36. The number of nitrogens with two attached hydrogens (primary N) is 1. The normalized spacial score (nSPS) is 10.3. The fraction of sp³-hybridized carbons (Fsp3) is 0.500. The summed E-state index contributed by atoms with van der Waals surface area (Å²) < 4.78 is 0. The molecule has 0 aliphatic heterocycles. The number of aromatic hydroxyl groups is 1. The van der Waals surface area contributed by atoms with E-state index in [1.54, 1.807) is 6.07 Å². The second-order valence-corrected chi connectivity index (χ2v) is 6.86. The molecule has 0 radical (unpaired) electrons. The van der Waals surface area contributed by atoms with Gasteiger partial charge in [-0.15, -0.1) is 0 Å². The van der Waals surface area contributed by atoms with Gasteiger partial charge >= 0.3 is 5.97 Å². The van der Waals surface area contributed by atoms with Crippen LogP contribution >= 0.6 is 0 Å². The smallest absolute Gasteiger partial charge is 0.339 e. The number of amides is 1. The molecule has 0 saturated heterocycles. The molecule has 0 saturated carbocycles. The summed E-state index contributed by atoms with van der Waals surface area (Å²) in [6, 6.07) is 3.47. The molecule has 0 fully saturated rings. The molecule has 7 heteroatoms. The van der Waals surface area contributed by atoms with Gasteiger partial charge in [0.25, 0.3) is 0 Å². The topological polar surface area (TPSA) is 101 Å². The van der Waals surface area contributed by atoms with Crippen LogP contribution in [0.15, 0.2) is 12.1 Å². The Morgan fingerprint density at radius 3 is 1.70 bits per heavy atom. The molecule has 4 N–H and O–H groups in total. The number of benzene rings is 1. The van der Waals surface area contributed by atoms with Gasteiger partial charge in [-0.25, -0.2) is 4.79 Å². The van der Waals surface area contributed by atoms with Gasteiger partial charge in [0.05, 0.1) is 0 Å². The number of aromatic carboxylic acids is 1. The number of primary amides is 1. The second-order valence-electron chi connectivity index (χ2n) is 6.86. The molecule has 0 aliphatic rings. The van der Waals surface area contributed by atoms with E-state index in [1.807, 2.05) is 47.6 Å². The van der Waals surface area contributed by atoms with Crippen LogP contribution in [0, 0.1) is 0 Å². The van der Waals surface area contributed by atoms with E-state index in [-0.39, 0.29) is 81.0 Å². The molecule has 5 nitrogen and oxygen atoms in total. The Morgan fingerprint density at radius 2 is 1.43 bits per heavy atom. The second kappa shape index (κ2) is 10.6. The number of hydrogen-bond acceptors (Lipinski definition) is 3. The number of carboxylic acids is 1. The van der Waals surface area contributed by atoms with E-state index < -0.39 is 5.97 Å². The van der Waals surface area contributed by atoms with Crippen molar-refractivity contribution >= 4 is 12.4 Å². The van der Waals surface area contributed by atoms with E-state index in [2.05, 4.69) is 5.73 Å². The molecule has 23 heavy (non-hydrogen) atoms. The maximum absolute atomic E-state index is 11.2. The van der Waals surface area contributed by atoms with Crippen LogP contribution in [0.25, 0.3) is 0 Å². The summed E-state index contributed by atoms with van der Waals surface area (Å²) >= 11 is 0. The van der Waals surface area contributed by atoms with Crippen LogP contribution in [0.2, 0.25) is 0 Å². The minimum Gasteiger partial charge on any atom is -0.507 e. The maximum atomic E-state index is 11.2. The fourth-order valence-electron chi connectivity index (χ4n) is 1.80. The summed E-state index contributed by atoms with van der Waals surface area (Å²) in [6.07, 6.45) is 0.250. The molecule has 1 aromatic carbocycles. The molecular weight excluding hydrogens is 453 g/mol. The molecule has 0 bridgehead atoms. The number of carbonyl (C=O) groups is 2. The van der Waals surface area contributed by atoms with Gasteiger partial charge in [0.1, 0.15) is 11.3 Å². The number of carbonyl (C=O) groups excluding carboxylic acids is 1. The summed E-state index contributed by atoms with van der Waals surface area (Å²) in [5, 5.41) is 19.3. The predicted molar refractivity (Wildman–Crippen MR) is 82.7 cm³/mol. The fourth-order valence-corrected chi connectivity index (χ4v) is 1.80. The van der Waals surface area contributed by atoms with E-state index >= 15 is 0 Å². The molecule has 126 valence electrons. The van der Waals surface area contributed by atoms with Crippen molar-refractivity contribution in [3.05, 3.63) is 28.8 Å². The number of phenols is 1. The van der Waals surface area contributed by atoms with Gasteiger partial charge in [0, 0.05) is 58.0 Å². The van der Waals surface area contributed by atoms with Gasteiger partial charge in [-0.05, 0) is 22.5 Å². The first kappa shape index (κ1) is 27.6. The molecule has 1 rings (SSSR count). The van der Waals surface area contributed by atoms with Crippen LogP contribution in [-0.4, -0.2) is 22.6 Å². The van der Waals surface area contributed by atoms with E-state index in [0.29, 0.717) is 5.56 Å². The average Bonchev–Trinajstić information content (AvgIpc) is 2.26. The Morgan fingerprint density at radius 1 is 1.04 bits per heavy atom. The SMILES string of the molecule is CC(C)(C)c1cc(C(=O)O)c(O)c(C(C)(C)C)c1.NC=O.[Zr].[Zr]. The summed E-state index contributed by atoms with van der Waals surface area (Å²) in [6.45, 7) is 12.0. The molecule has 1 amide bonds. The van der Waals surface area contributed by atoms with Gasteiger partial charge in [0.2, 0.25) is 6.41 Å². The van der Waals surface area contributed by atoms with E-state index in [0.717, 1.165) is 5.56 Å². The van der Waals surface area contributed by atoms with Gasteiger partial charge in [-0.2, -0.15) is 0 Å². The summed E-state index contributed by atoms with van der Waals surface area (Å²) in [5.74, 6) is -1.22. The average molecular weight is 478 g/mol. The molecule has 0 aromatic heterocycles. The van der Waals surface area contributed by atoms with E-state index in [4.69, 9.17) is 4.79 Å². The largest absolute Gasteiger partial charge is 0.507 e. The maximum Gasteiger partial charge on any atom is 0.339 e. The third kappa shape index (κ3) is 8.40. The molecule has 0 heterocycles. The predicted octanol–water partition coefficient (Wildman–Crippen LogP) is 2.78. The third-order valence-electron chi connectivity index (χ3n) is 3.01. The zero-order valence-electron chi connectivity index (χ0n) is 14.5. The molecular formula is C16H25NO4Zr2. The molecule has 0 unspecified atom stereocenters. The minimum absolute atomic E-state index is 0. The van der Waals surface area contributed by atoms with Gasteiger partial charge in [0.15, 0.2) is 0 Å². The minimum atomic E-state index is -1.09. The van der Waals surface area contributed by atoms with E-state index in [1.165, 1.54) is 0 Å². The Hall–Kier alpha value is -0.274. The van der Waals surface area contributed by atoms with Crippen molar-refractivity contribution in [2.75, 3.05) is 0 Å². The molecule has 0 atom stereocenters. The van der Waals surface area contributed by atoms with Crippen molar-refractivity contribution in [1.82, 2.24) is 0 Å². The first-order valence-corrected chi connectivity index (χ1v) is 6.63. The Labute approximate surface area is 176 Å². The van der Waals surface area contributed by atoms with Crippen LogP contribution < -0.4 is 5.73 Å². The van der Waals surface area contributed by atoms with Crippen molar-refractivity contribution in [2.45, 2.75) is 52.4 Å². The monoisotopic (exact) mass is 475 g/mol. The Bertz CT molecular complexity index is 532.